The second-order valence-electron chi connectivity index (χ2n) is 3.53. The first-order chi connectivity index (χ1) is 8.67. The van der Waals surface area contributed by atoms with Crippen LogP contribution in [0.4, 0.5) is 5.69 Å². The number of benzene rings is 1. The molecule has 0 unspecified atom stereocenters. The molecule has 0 aliphatic carbocycles. The minimum Gasteiger partial charge on any atom is -0.495 e. The van der Waals surface area contributed by atoms with Crippen molar-refractivity contribution in [1.82, 2.24) is 0 Å². The summed E-state index contributed by atoms with van der Waals surface area (Å²) < 4.78 is 10.2. The van der Waals surface area contributed by atoms with E-state index in [0.717, 1.165) is 6.42 Å². The quantitative estimate of drug-likeness (QED) is 0.612. The fraction of sp³-hybridized carbons (Fsp3) is 0.308. The Labute approximate surface area is 112 Å². The van der Waals surface area contributed by atoms with Crippen molar-refractivity contribution in [2.45, 2.75) is 6.42 Å². The second kappa shape index (κ2) is 7.74. The zero-order valence-electron chi connectivity index (χ0n) is 10.2. The summed E-state index contributed by atoms with van der Waals surface area (Å²) in [5, 5.41) is 3.13. The third-order valence-electron chi connectivity index (χ3n) is 2.14. The van der Waals surface area contributed by atoms with Gasteiger partial charge < -0.3 is 14.8 Å². The van der Waals surface area contributed by atoms with Crippen molar-refractivity contribution < 1.29 is 14.3 Å². The molecule has 98 valence electrons. The Bertz CT molecular complexity index is 421. The van der Waals surface area contributed by atoms with Gasteiger partial charge in [0.1, 0.15) is 12.4 Å². The molecule has 0 aliphatic heterocycles. The van der Waals surface area contributed by atoms with E-state index in [1.165, 1.54) is 7.11 Å². The largest absolute Gasteiger partial charge is 0.495 e. The first-order valence-corrected chi connectivity index (χ1v) is 5.87. The van der Waals surface area contributed by atoms with Crippen LogP contribution >= 0.6 is 11.6 Å². The molecule has 1 aromatic carbocycles. The fourth-order valence-corrected chi connectivity index (χ4v) is 1.53. The molecule has 18 heavy (non-hydrogen) atoms. The normalized spacial score (nSPS) is 9.89. The van der Waals surface area contributed by atoms with Crippen LogP contribution in [0.3, 0.4) is 0 Å². The molecule has 0 aliphatic rings. The average Bonchev–Trinajstić information content (AvgIpc) is 2.35. The van der Waals surface area contributed by atoms with E-state index in [-0.39, 0.29) is 12.5 Å². The van der Waals surface area contributed by atoms with Crippen molar-refractivity contribution in [1.29, 1.82) is 0 Å². The van der Waals surface area contributed by atoms with Crippen LogP contribution in [0, 0.1) is 0 Å². The van der Waals surface area contributed by atoms with E-state index >= 15 is 0 Å². The molecule has 1 amide bonds. The first kappa shape index (κ1) is 14.5. The highest BCUT2D eigenvalue weighted by atomic mass is 35.5. The molecule has 0 aromatic heterocycles. The third-order valence-corrected chi connectivity index (χ3v) is 2.43. The maximum atomic E-state index is 11.5. The lowest BCUT2D eigenvalue weighted by Crippen LogP contribution is -2.18. The van der Waals surface area contributed by atoms with Gasteiger partial charge in [-0.25, -0.2) is 0 Å². The standard InChI is InChI=1S/C13H16ClNO3/c1-3-4-7-18-9-13(16)15-10-5-6-12(17-2)11(14)8-10/h3,5-6,8H,1,4,7,9H2,2H3,(H,15,16). The van der Waals surface area contributed by atoms with E-state index in [0.29, 0.717) is 23.1 Å². The molecular weight excluding hydrogens is 254 g/mol. The minimum atomic E-state index is -0.222. The number of carbonyl (C=O) groups excluding carboxylic acids is 1. The van der Waals surface area contributed by atoms with Crippen molar-refractivity contribution in [3.8, 4) is 5.75 Å². The molecule has 4 nitrogen and oxygen atoms in total. The summed E-state index contributed by atoms with van der Waals surface area (Å²) in [5.74, 6) is 0.345. The lowest BCUT2D eigenvalue weighted by Gasteiger charge is -2.08. The highest BCUT2D eigenvalue weighted by molar-refractivity contribution is 6.32. The molecule has 1 rings (SSSR count). The lowest BCUT2D eigenvalue weighted by atomic mass is 10.3. The number of hydrogen-bond donors (Lipinski definition) is 1. The zero-order chi connectivity index (χ0) is 13.4. The van der Waals surface area contributed by atoms with Crippen LogP contribution in [0.5, 0.6) is 5.75 Å². The van der Waals surface area contributed by atoms with Gasteiger partial charge in [0.25, 0.3) is 0 Å². The summed E-state index contributed by atoms with van der Waals surface area (Å²) in [7, 11) is 1.53. The van der Waals surface area contributed by atoms with Gasteiger partial charge in [0.15, 0.2) is 0 Å². The molecule has 0 saturated heterocycles. The van der Waals surface area contributed by atoms with Crippen molar-refractivity contribution in [2.24, 2.45) is 0 Å². The number of rotatable bonds is 7. The number of ether oxygens (including phenoxy) is 2. The predicted octanol–water partition coefficient (Wildman–Crippen LogP) is 2.88. The summed E-state index contributed by atoms with van der Waals surface area (Å²) in [6.45, 7) is 4.06. The van der Waals surface area contributed by atoms with Crippen LogP contribution in [0.15, 0.2) is 30.9 Å². The van der Waals surface area contributed by atoms with Crippen LogP contribution in [0.2, 0.25) is 5.02 Å². The molecule has 0 bridgehead atoms. The number of methoxy groups -OCH3 is 1. The summed E-state index contributed by atoms with van der Waals surface area (Å²) >= 11 is 5.94. The molecule has 1 N–H and O–H groups in total. The van der Waals surface area contributed by atoms with Crippen molar-refractivity contribution in [3.05, 3.63) is 35.9 Å². The Morgan fingerprint density at radius 1 is 1.56 bits per heavy atom. The molecule has 1 aromatic rings. The van der Waals surface area contributed by atoms with E-state index in [1.807, 2.05) is 0 Å². The van der Waals surface area contributed by atoms with Gasteiger partial charge in [-0.3, -0.25) is 4.79 Å². The molecule has 5 heteroatoms. The van der Waals surface area contributed by atoms with Crippen molar-refractivity contribution in [3.63, 3.8) is 0 Å². The van der Waals surface area contributed by atoms with Crippen molar-refractivity contribution >= 4 is 23.2 Å². The van der Waals surface area contributed by atoms with Gasteiger partial charge in [-0.15, -0.1) is 6.58 Å². The monoisotopic (exact) mass is 269 g/mol. The summed E-state index contributed by atoms with van der Waals surface area (Å²) in [6.07, 6.45) is 2.46. The van der Waals surface area contributed by atoms with Gasteiger partial charge in [0, 0.05) is 5.69 Å². The highest BCUT2D eigenvalue weighted by Gasteiger charge is 2.05. The molecule has 0 fully saturated rings. The minimum absolute atomic E-state index is 0.0114. The molecule has 0 spiro atoms. The number of nitrogens with one attached hydrogen (secondary N) is 1. The van der Waals surface area contributed by atoms with Crippen LogP contribution in [0.25, 0.3) is 0 Å². The number of amides is 1. The van der Waals surface area contributed by atoms with Gasteiger partial charge in [0.05, 0.1) is 18.7 Å². The van der Waals surface area contributed by atoms with E-state index in [1.54, 1.807) is 24.3 Å². The molecular formula is C13H16ClNO3. The average molecular weight is 270 g/mol. The number of anilines is 1. The molecule has 0 saturated carbocycles. The Kier molecular flexibility index (Phi) is 6.25. The summed E-state index contributed by atoms with van der Waals surface area (Å²) in [6, 6.07) is 5.03. The third kappa shape index (κ3) is 4.77. The Morgan fingerprint density at radius 2 is 2.33 bits per heavy atom. The maximum Gasteiger partial charge on any atom is 0.250 e. The molecule has 0 radical (unpaired) electrons. The number of carbonyl (C=O) groups is 1. The molecule has 0 atom stereocenters. The first-order valence-electron chi connectivity index (χ1n) is 5.49. The van der Waals surface area contributed by atoms with Gasteiger partial charge in [-0.2, -0.15) is 0 Å². The van der Waals surface area contributed by atoms with Gasteiger partial charge in [-0.05, 0) is 24.6 Å². The highest BCUT2D eigenvalue weighted by Crippen LogP contribution is 2.27. The van der Waals surface area contributed by atoms with Crippen molar-refractivity contribution in [2.75, 3.05) is 25.6 Å². The topological polar surface area (TPSA) is 47.6 Å². The SMILES string of the molecule is C=CCCOCC(=O)Nc1ccc(OC)c(Cl)c1. The predicted molar refractivity (Wildman–Crippen MR) is 72.3 cm³/mol. The van der Waals surface area contributed by atoms with Crippen LogP contribution in [-0.2, 0) is 9.53 Å². The second-order valence-corrected chi connectivity index (χ2v) is 3.93. The Hall–Kier alpha value is -1.52. The zero-order valence-corrected chi connectivity index (χ0v) is 11.0. The van der Waals surface area contributed by atoms with Gasteiger partial charge >= 0.3 is 0 Å². The van der Waals surface area contributed by atoms with E-state index in [2.05, 4.69) is 11.9 Å². The van der Waals surface area contributed by atoms with Crippen LogP contribution < -0.4 is 10.1 Å². The number of hydrogen-bond acceptors (Lipinski definition) is 3. The van der Waals surface area contributed by atoms with E-state index < -0.39 is 0 Å². The summed E-state index contributed by atoms with van der Waals surface area (Å²) in [5.41, 5.74) is 0.609. The molecule has 0 heterocycles. The van der Waals surface area contributed by atoms with E-state index in [9.17, 15) is 4.79 Å². The lowest BCUT2D eigenvalue weighted by molar-refractivity contribution is -0.120. The maximum absolute atomic E-state index is 11.5. The van der Waals surface area contributed by atoms with E-state index in [4.69, 9.17) is 21.1 Å². The number of halogens is 1. The van der Waals surface area contributed by atoms with Gasteiger partial charge in [0.2, 0.25) is 5.91 Å². The smallest absolute Gasteiger partial charge is 0.250 e. The summed E-state index contributed by atoms with van der Waals surface area (Å²) in [4.78, 5) is 11.5. The Morgan fingerprint density at radius 3 is 2.94 bits per heavy atom. The van der Waals surface area contributed by atoms with Crippen LogP contribution in [0.1, 0.15) is 6.42 Å². The fourth-order valence-electron chi connectivity index (χ4n) is 1.27. The Balaban J connectivity index is 2.44. The van der Waals surface area contributed by atoms with Crippen LogP contribution in [-0.4, -0.2) is 26.2 Å². The van der Waals surface area contributed by atoms with Gasteiger partial charge in [-0.1, -0.05) is 17.7 Å².